The van der Waals surface area contributed by atoms with Crippen LogP contribution in [0.3, 0.4) is 0 Å². The van der Waals surface area contributed by atoms with Crippen LogP contribution in [0.5, 0.6) is 0 Å². The summed E-state index contributed by atoms with van der Waals surface area (Å²) < 4.78 is 0. The van der Waals surface area contributed by atoms with Crippen molar-refractivity contribution in [1.29, 1.82) is 0 Å². The van der Waals surface area contributed by atoms with Crippen LogP contribution in [0.2, 0.25) is 10.0 Å². The lowest BCUT2D eigenvalue weighted by Crippen LogP contribution is -2.49. The van der Waals surface area contributed by atoms with Crippen LogP contribution in [0.25, 0.3) is 0 Å². The zero-order valence-electron chi connectivity index (χ0n) is 15.6. The van der Waals surface area contributed by atoms with Crippen LogP contribution in [0, 0.1) is 0 Å². The summed E-state index contributed by atoms with van der Waals surface area (Å²) >= 11 is 16.9. The Kier molecular flexibility index (Phi) is 7.41. The van der Waals surface area contributed by atoms with Crippen LogP contribution in [-0.4, -0.2) is 16.9 Å². The Morgan fingerprint density at radius 2 is 1.27 bits per heavy atom. The SMILES string of the molecule is O=C(NC(=S)NNC(=O)C(c1ccccc1)c1ccccc1)c1cc(Cl)cc(Cl)c1. The third-order valence-electron chi connectivity index (χ3n) is 4.18. The molecule has 3 N–H and O–H groups in total. The van der Waals surface area contributed by atoms with Crippen molar-refractivity contribution in [2.45, 2.75) is 5.92 Å². The number of carbonyl (C=O) groups is 2. The van der Waals surface area contributed by atoms with Gasteiger partial charge in [0.2, 0.25) is 5.91 Å². The first-order valence-electron chi connectivity index (χ1n) is 8.91. The van der Waals surface area contributed by atoms with Crippen molar-refractivity contribution in [3.63, 3.8) is 0 Å². The maximum Gasteiger partial charge on any atom is 0.257 e. The summed E-state index contributed by atoms with van der Waals surface area (Å²) in [5.74, 6) is -1.38. The van der Waals surface area contributed by atoms with E-state index < -0.39 is 11.8 Å². The van der Waals surface area contributed by atoms with Crippen molar-refractivity contribution >= 4 is 52.3 Å². The molecule has 3 rings (SSSR count). The summed E-state index contributed by atoms with van der Waals surface area (Å²) in [6.45, 7) is 0. The van der Waals surface area contributed by atoms with E-state index in [9.17, 15) is 9.59 Å². The van der Waals surface area contributed by atoms with Gasteiger partial charge >= 0.3 is 0 Å². The topological polar surface area (TPSA) is 70.2 Å². The van der Waals surface area contributed by atoms with Gasteiger partial charge in [-0.3, -0.25) is 25.8 Å². The van der Waals surface area contributed by atoms with Crippen molar-refractivity contribution in [3.8, 4) is 0 Å². The zero-order chi connectivity index (χ0) is 21.5. The molecule has 0 saturated heterocycles. The van der Waals surface area contributed by atoms with Gasteiger partial charge in [-0.1, -0.05) is 83.9 Å². The lowest BCUT2D eigenvalue weighted by molar-refractivity contribution is -0.122. The number of benzene rings is 3. The van der Waals surface area contributed by atoms with Gasteiger partial charge in [0.1, 0.15) is 0 Å². The van der Waals surface area contributed by atoms with E-state index in [1.54, 1.807) is 0 Å². The molecule has 0 fully saturated rings. The maximum absolute atomic E-state index is 12.9. The minimum Gasteiger partial charge on any atom is -0.298 e. The van der Waals surface area contributed by atoms with Gasteiger partial charge in [-0.2, -0.15) is 0 Å². The molecule has 3 aromatic rings. The van der Waals surface area contributed by atoms with Crippen molar-refractivity contribution < 1.29 is 9.59 Å². The predicted molar refractivity (Wildman–Crippen MR) is 123 cm³/mol. The minimum atomic E-state index is -0.551. The summed E-state index contributed by atoms with van der Waals surface area (Å²) in [4.78, 5) is 25.2. The number of hydrogen-bond donors (Lipinski definition) is 3. The van der Waals surface area contributed by atoms with E-state index in [0.29, 0.717) is 10.0 Å². The summed E-state index contributed by atoms with van der Waals surface area (Å²) in [6.07, 6.45) is 0. The number of thiocarbonyl (C=S) groups is 1. The molecule has 152 valence electrons. The van der Waals surface area contributed by atoms with Crippen LogP contribution < -0.4 is 16.2 Å². The molecular weight excluding hydrogens is 441 g/mol. The van der Waals surface area contributed by atoms with Gasteiger partial charge in [0.25, 0.3) is 5.91 Å². The third kappa shape index (κ3) is 5.79. The second-order valence-corrected chi connectivity index (χ2v) is 7.59. The Labute approximate surface area is 189 Å². The van der Waals surface area contributed by atoms with Gasteiger partial charge in [0, 0.05) is 15.6 Å². The standard InChI is InChI=1S/C22H17Cl2N3O2S/c23-17-11-16(12-18(24)13-17)20(28)25-22(30)27-26-21(29)19(14-7-3-1-4-8-14)15-9-5-2-6-10-15/h1-13,19H,(H,26,29)(H2,25,27,28,30). The van der Waals surface area contributed by atoms with Gasteiger partial charge in [0.15, 0.2) is 5.11 Å². The highest BCUT2D eigenvalue weighted by molar-refractivity contribution is 7.80. The molecule has 5 nitrogen and oxygen atoms in total. The molecule has 3 aromatic carbocycles. The molecule has 0 aliphatic rings. The number of carbonyl (C=O) groups excluding carboxylic acids is 2. The Hall–Kier alpha value is -2.93. The van der Waals surface area contributed by atoms with Gasteiger partial charge < -0.3 is 0 Å². The Morgan fingerprint density at radius 3 is 1.77 bits per heavy atom. The second kappa shape index (κ2) is 10.2. The third-order valence-corrected chi connectivity index (χ3v) is 4.82. The van der Waals surface area contributed by atoms with E-state index >= 15 is 0 Å². The highest BCUT2D eigenvalue weighted by Crippen LogP contribution is 2.24. The van der Waals surface area contributed by atoms with E-state index in [-0.39, 0.29) is 16.6 Å². The molecule has 0 atom stereocenters. The predicted octanol–water partition coefficient (Wildman–Crippen LogP) is 4.46. The number of rotatable bonds is 4. The monoisotopic (exact) mass is 457 g/mol. The summed E-state index contributed by atoms with van der Waals surface area (Å²) in [5, 5.41) is 3.06. The molecule has 0 saturated carbocycles. The number of hydrogen-bond acceptors (Lipinski definition) is 3. The van der Waals surface area contributed by atoms with Crippen LogP contribution in [0.1, 0.15) is 27.4 Å². The Bertz CT molecular complexity index is 1000. The largest absolute Gasteiger partial charge is 0.298 e. The van der Waals surface area contributed by atoms with Crippen LogP contribution in [0.15, 0.2) is 78.9 Å². The maximum atomic E-state index is 12.9. The number of hydrazine groups is 1. The fourth-order valence-corrected chi connectivity index (χ4v) is 3.54. The highest BCUT2D eigenvalue weighted by Gasteiger charge is 2.22. The molecule has 30 heavy (non-hydrogen) atoms. The Morgan fingerprint density at radius 1 is 0.767 bits per heavy atom. The van der Waals surface area contributed by atoms with Crippen molar-refractivity contribution in [1.82, 2.24) is 16.2 Å². The quantitative estimate of drug-likeness (QED) is 0.399. The fourth-order valence-electron chi connectivity index (χ4n) is 2.87. The first-order chi connectivity index (χ1) is 14.4. The molecule has 0 aliphatic carbocycles. The Balaban J connectivity index is 1.66. The summed E-state index contributed by atoms with van der Waals surface area (Å²) in [7, 11) is 0. The minimum absolute atomic E-state index is 0.0654. The van der Waals surface area contributed by atoms with Gasteiger partial charge in [-0.05, 0) is 41.5 Å². The lowest BCUT2D eigenvalue weighted by atomic mass is 9.91. The van der Waals surface area contributed by atoms with E-state index in [2.05, 4.69) is 16.2 Å². The average Bonchev–Trinajstić information content (AvgIpc) is 2.73. The first-order valence-corrected chi connectivity index (χ1v) is 10.1. The highest BCUT2D eigenvalue weighted by atomic mass is 35.5. The van der Waals surface area contributed by atoms with Crippen LogP contribution in [-0.2, 0) is 4.79 Å². The molecule has 8 heteroatoms. The van der Waals surface area contributed by atoms with E-state index in [1.807, 2.05) is 60.7 Å². The van der Waals surface area contributed by atoms with Crippen molar-refractivity contribution in [2.75, 3.05) is 0 Å². The molecule has 0 aliphatic heterocycles. The van der Waals surface area contributed by atoms with Crippen molar-refractivity contribution in [2.24, 2.45) is 0 Å². The molecule has 2 amide bonds. The summed E-state index contributed by atoms with van der Waals surface area (Å²) in [5.41, 5.74) is 7.02. The van der Waals surface area contributed by atoms with E-state index in [4.69, 9.17) is 35.4 Å². The molecule has 0 radical (unpaired) electrons. The fraction of sp³-hybridized carbons (Fsp3) is 0.0455. The number of amides is 2. The molecule has 0 heterocycles. The second-order valence-electron chi connectivity index (χ2n) is 6.31. The van der Waals surface area contributed by atoms with Crippen LogP contribution >= 0.6 is 35.4 Å². The zero-order valence-corrected chi connectivity index (χ0v) is 17.9. The van der Waals surface area contributed by atoms with Gasteiger partial charge in [0.05, 0.1) is 5.92 Å². The smallest absolute Gasteiger partial charge is 0.257 e. The molecule has 0 bridgehead atoms. The normalized spacial score (nSPS) is 10.4. The molecule has 0 unspecified atom stereocenters. The number of nitrogens with one attached hydrogen (secondary N) is 3. The lowest BCUT2D eigenvalue weighted by Gasteiger charge is -2.19. The average molecular weight is 458 g/mol. The van der Waals surface area contributed by atoms with Crippen molar-refractivity contribution in [3.05, 3.63) is 106 Å². The summed E-state index contributed by atoms with van der Waals surface area (Å²) in [6, 6.07) is 23.2. The number of halogens is 2. The van der Waals surface area contributed by atoms with E-state index in [0.717, 1.165) is 11.1 Å². The van der Waals surface area contributed by atoms with E-state index in [1.165, 1.54) is 18.2 Å². The first kappa shape index (κ1) is 21.8. The molecule has 0 aromatic heterocycles. The molecular formula is C22H17Cl2N3O2S. The van der Waals surface area contributed by atoms with Gasteiger partial charge in [-0.25, -0.2) is 0 Å². The van der Waals surface area contributed by atoms with Gasteiger partial charge in [-0.15, -0.1) is 0 Å². The molecule has 0 spiro atoms. The van der Waals surface area contributed by atoms with Crippen LogP contribution in [0.4, 0.5) is 0 Å².